The first-order valence-corrected chi connectivity index (χ1v) is 9.73. The molecule has 4 aromatic rings. The van der Waals surface area contributed by atoms with Gasteiger partial charge in [-0.05, 0) is 37.6 Å². The molecular weight excluding hydrogens is 346 g/mol. The van der Waals surface area contributed by atoms with E-state index in [-0.39, 0.29) is 0 Å². The number of benzene rings is 2. The quantitative estimate of drug-likeness (QED) is 0.538. The van der Waals surface area contributed by atoms with Gasteiger partial charge in [-0.25, -0.2) is 9.97 Å². The summed E-state index contributed by atoms with van der Waals surface area (Å²) >= 11 is 0. The Balaban J connectivity index is 1.35. The molecule has 0 aliphatic carbocycles. The molecule has 140 valence electrons. The molecule has 0 amide bonds. The number of hydrogen-bond donors (Lipinski definition) is 2. The summed E-state index contributed by atoms with van der Waals surface area (Å²) in [6.07, 6.45) is 8.05. The highest BCUT2D eigenvalue weighted by molar-refractivity contribution is 5.71. The first-order valence-electron chi connectivity index (χ1n) is 9.73. The third-order valence-corrected chi connectivity index (χ3v) is 5.63. The van der Waals surface area contributed by atoms with E-state index in [1.807, 2.05) is 12.4 Å². The number of H-pyrrole nitrogens is 2. The van der Waals surface area contributed by atoms with Crippen molar-refractivity contribution in [2.24, 2.45) is 0 Å². The predicted octanol–water partition coefficient (Wildman–Crippen LogP) is 4.90. The van der Waals surface area contributed by atoms with E-state index in [0.717, 1.165) is 34.9 Å². The molecule has 1 saturated heterocycles. The largest absolute Gasteiger partial charge is 0.351 e. The van der Waals surface area contributed by atoms with Gasteiger partial charge in [0.2, 0.25) is 0 Å². The van der Waals surface area contributed by atoms with Crippen LogP contribution in [0.2, 0.25) is 0 Å². The fraction of sp³-hybridized carbons (Fsp3) is 0.217. The predicted molar refractivity (Wildman–Crippen MR) is 112 cm³/mol. The molecule has 3 heterocycles. The van der Waals surface area contributed by atoms with Gasteiger partial charge in [-0.3, -0.25) is 4.90 Å². The van der Waals surface area contributed by atoms with E-state index >= 15 is 0 Å². The van der Waals surface area contributed by atoms with Gasteiger partial charge in [-0.15, -0.1) is 0 Å². The second kappa shape index (κ2) is 7.09. The molecule has 28 heavy (non-hydrogen) atoms. The van der Waals surface area contributed by atoms with Crippen molar-refractivity contribution in [1.29, 1.82) is 0 Å². The van der Waals surface area contributed by atoms with Crippen molar-refractivity contribution in [2.45, 2.75) is 18.9 Å². The molecule has 5 nitrogen and oxygen atoms in total. The summed E-state index contributed by atoms with van der Waals surface area (Å²) < 4.78 is 0. The Labute approximate surface area is 164 Å². The van der Waals surface area contributed by atoms with E-state index in [0.29, 0.717) is 6.04 Å². The highest BCUT2D eigenvalue weighted by atomic mass is 15.2. The highest BCUT2D eigenvalue weighted by Crippen LogP contribution is 2.31. The molecule has 1 aliphatic heterocycles. The molecule has 1 atom stereocenters. The Morgan fingerprint density at radius 1 is 0.857 bits per heavy atom. The lowest BCUT2D eigenvalue weighted by molar-refractivity contribution is 0.307. The maximum atomic E-state index is 4.85. The standard InChI is InChI=1S/C23H23N5/c1-28-12-2-3-22(28)23-25-14-21(27-23)19-10-6-17(7-11-19)16-4-8-18(9-5-16)20-13-24-15-26-20/h4-11,13-15,22H,2-3,12H2,1H3,(H,24,26)(H,25,27). The van der Waals surface area contributed by atoms with Crippen molar-refractivity contribution < 1.29 is 0 Å². The van der Waals surface area contributed by atoms with Gasteiger partial charge in [0.1, 0.15) is 5.82 Å². The molecule has 5 heteroatoms. The summed E-state index contributed by atoms with van der Waals surface area (Å²) in [6.45, 7) is 1.15. The summed E-state index contributed by atoms with van der Waals surface area (Å²) in [6, 6.07) is 17.5. The van der Waals surface area contributed by atoms with E-state index in [2.05, 4.69) is 75.4 Å². The van der Waals surface area contributed by atoms with Gasteiger partial charge in [0.25, 0.3) is 0 Å². The third-order valence-electron chi connectivity index (χ3n) is 5.63. The first kappa shape index (κ1) is 17.0. The van der Waals surface area contributed by atoms with Crippen LogP contribution in [0, 0.1) is 0 Å². The van der Waals surface area contributed by atoms with Gasteiger partial charge in [-0.1, -0.05) is 48.5 Å². The zero-order chi connectivity index (χ0) is 18.9. The van der Waals surface area contributed by atoms with Crippen molar-refractivity contribution in [3.8, 4) is 33.6 Å². The lowest BCUT2D eigenvalue weighted by Crippen LogP contribution is -2.18. The average molecular weight is 369 g/mol. The molecule has 5 rings (SSSR count). The number of aromatic nitrogens is 4. The topological polar surface area (TPSA) is 60.6 Å². The van der Waals surface area contributed by atoms with E-state index in [9.17, 15) is 0 Å². The summed E-state index contributed by atoms with van der Waals surface area (Å²) in [7, 11) is 2.17. The number of nitrogens with one attached hydrogen (secondary N) is 2. The van der Waals surface area contributed by atoms with Crippen LogP contribution in [0.5, 0.6) is 0 Å². The van der Waals surface area contributed by atoms with Crippen LogP contribution in [-0.2, 0) is 0 Å². The molecule has 2 aromatic heterocycles. The van der Waals surface area contributed by atoms with E-state index in [4.69, 9.17) is 4.98 Å². The number of nitrogens with zero attached hydrogens (tertiary/aromatic N) is 3. The summed E-state index contributed by atoms with van der Waals surface area (Å²) in [5, 5.41) is 0. The summed E-state index contributed by atoms with van der Waals surface area (Å²) in [5.74, 6) is 1.08. The highest BCUT2D eigenvalue weighted by Gasteiger charge is 2.25. The van der Waals surface area contributed by atoms with Crippen LogP contribution in [0.15, 0.2) is 67.3 Å². The number of hydrogen-bond acceptors (Lipinski definition) is 3. The second-order valence-electron chi connectivity index (χ2n) is 7.42. The molecular formula is C23H23N5. The monoisotopic (exact) mass is 369 g/mol. The maximum absolute atomic E-state index is 4.85. The van der Waals surface area contributed by atoms with Crippen molar-refractivity contribution in [3.63, 3.8) is 0 Å². The van der Waals surface area contributed by atoms with Crippen LogP contribution in [0.3, 0.4) is 0 Å². The molecule has 2 N–H and O–H groups in total. The zero-order valence-corrected chi connectivity index (χ0v) is 15.9. The van der Waals surface area contributed by atoms with Gasteiger partial charge in [0.15, 0.2) is 0 Å². The third kappa shape index (κ3) is 3.14. The number of rotatable bonds is 4. The molecule has 0 radical (unpaired) electrons. The van der Waals surface area contributed by atoms with Gasteiger partial charge in [-0.2, -0.15) is 0 Å². The fourth-order valence-electron chi connectivity index (χ4n) is 4.00. The average Bonchev–Trinajstić information content (AvgIpc) is 3.50. The lowest BCUT2D eigenvalue weighted by atomic mass is 10.0. The Hall–Kier alpha value is -3.18. The number of likely N-dealkylation sites (tertiary alicyclic amines) is 1. The SMILES string of the molecule is CN1CCCC1c1nc(-c2ccc(-c3ccc(-c4c[nH]cn4)cc3)cc2)c[nH]1. The normalized spacial score (nSPS) is 17.2. The van der Waals surface area contributed by atoms with Gasteiger partial charge in [0, 0.05) is 23.5 Å². The van der Waals surface area contributed by atoms with Gasteiger partial charge < -0.3 is 9.97 Å². The Morgan fingerprint density at radius 2 is 1.50 bits per heavy atom. The van der Waals surface area contributed by atoms with Crippen molar-refractivity contribution in [2.75, 3.05) is 13.6 Å². The zero-order valence-electron chi connectivity index (χ0n) is 15.9. The van der Waals surface area contributed by atoms with Gasteiger partial charge >= 0.3 is 0 Å². The van der Waals surface area contributed by atoms with Crippen LogP contribution in [0.4, 0.5) is 0 Å². The van der Waals surface area contributed by atoms with E-state index in [1.54, 1.807) is 6.33 Å². The molecule has 2 aromatic carbocycles. The molecule has 0 spiro atoms. The first-order chi connectivity index (χ1) is 13.8. The lowest BCUT2D eigenvalue weighted by Gasteiger charge is -2.16. The minimum atomic E-state index is 0.418. The number of imidazole rings is 2. The summed E-state index contributed by atoms with van der Waals surface area (Å²) in [5.41, 5.74) is 6.62. The van der Waals surface area contributed by atoms with Crippen LogP contribution >= 0.6 is 0 Å². The van der Waals surface area contributed by atoms with Crippen molar-refractivity contribution in [3.05, 3.63) is 73.1 Å². The van der Waals surface area contributed by atoms with Crippen molar-refractivity contribution >= 4 is 0 Å². The smallest absolute Gasteiger partial charge is 0.124 e. The molecule has 1 fully saturated rings. The van der Waals surface area contributed by atoms with Crippen molar-refractivity contribution in [1.82, 2.24) is 24.8 Å². The van der Waals surface area contributed by atoms with Crippen LogP contribution in [0.1, 0.15) is 24.7 Å². The molecule has 0 saturated carbocycles. The molecule has 1 unspecified atom stereocenters. The second-order valence-corrected chi connectivity index (χ2v) is 7.42. The summed E-state index contributed by atoms with van der Waals surface area (Å²) in [4.78, 5) is 17.9. The minimum Gasteiger partial charge on any atom is -0.351 e. The number of aromatic amines is 2. The molecule has 1 aliphatic rings. The Morgan fingerprint density at radius 3 is 2.07 bits per heavy atom. The fourth-order valence-corrected chi connectivity index (χ4v) is 4.00. The Kier molecular flexibility index (Phi) is 4.29. The van der Waals surface area contributed by atoms with E-state index < -0.39 is 0 Å². The van der Waals surface area contributed by atoms with Crippen LogP contribution in [-0.4, -0.2) is 38.4 Å². The molecule has 0 bridgehead atoms. The van der Waals surface area contributed by atoms with E-state index in [1.165, 1.54) is 24.0 Å². The van der Waals surface area contributed by atoms with Crippen LogP contribution in [0.25, 0.3) is 33.6 Å². The van der Waals surface area contributed by atoms with Crippen LogP contribution < -0.4 is 0 Å². The maximum Gasteiger partial charge on any atom is 0.124 e. The Bertz CT molecular complexity index is 1050. The van der Waals surface area contributed by atoms with Gasteiger partial charge in [0.05, 0.1) is 23.8 Å². The minimum absolute atomic E-state index is 0.418.